The number of likely N-dealkylation sites (tertiary alicyclic amines) is 1. The first-order valence-electron chi connectivity index (χ1n) is 10.5. The maximum Gasteiger partial charge on any atom is 0.319 e. The van der Waals surface area contributed by atoms with Gasteiger partial charge < -0.3 is 20.3 Å². The number of carbonyl (C=O) groups is 2. The van der Waals surface area contributed by atoms with Crippen molar-refractivity contribution in [3.8, 4) is 11.8 Å². The van der Waals surface area contributed by atoms with E-state index in [1.807, 2.05) is 43.0 Å². The molecule has 2 aromatic carbocycles. The van der Waals surface area contributed by atoms with Crippen LogP contribution in [-0.4, -0.2) is 43.1 Å². The first-order valence-corrected chi connectivity index (χ1v) is 10.5. The second-order valence-corrected chi connectivity index (χ2v) is 7.97. The lowest BCUT2D eigenvalue weighted by atomic mass is 9.89. The highest BCUT2D eigenvalue weighted by Crippen LogP contribution is 2.31. The van der Waals surface area contributed by atoms with Gasteiger partial charge in [-0.3, -0.25) is 4.79 Å². The van der Waals surface area contributed by atoms with Crippen molar-refractivity contribution < 1.29 is 14.3 Å². The van der Waals surface area contributed by atoms with Crippen molar-refractivity contribution in [2.24, 2.45) is 0 Å². The maximum absolute atomic E-state index is 13.2. The molecule has 0 bridgehead atoms. The van der Waals surface area contributed by atoms with Crippen LogP contribution in [0.2, 0.25) is 0 Å². The molecule has 1 fully saturated rings. The van der Waals surface area contributed by atoms with Gasteiger partial charge >= 0.3 is 6.03 Å². The number of amides is 3. The van der Waals surface area contributed by atoms with Crippen LogP contribution in [0.3, 0.4) is 0 Å². The largest absolute Gasteiger partial charge is 0.496 e. The van der Waals surface area contributed by atoms with Gasteiger partial charge in [0.15, 0.2) is 0 Å². The molecule has 2 aromatic rings. The number of benzene rings is 2. The highest BCUT2D eigenvalue weighted by Gasteiger charge is 2.26. The van der Waals surface area contributed by atoms with Crippen LogP contribution < -0.4 is 15.4 Å². The summed E-state index contributed by atoms with van der Waals surface area (Å²) in [6.07, 6.45) is 1.71. The smallest absolute Gasteiger partial charge is 0.319 e. The molecule has 0 aromatic heterocycles. The molecule has 1 aliphatic heterocycles. The molecule has 1 aliphatic rings. The van der Waals surface area contributed by atoms with E-state index in [1.54, 1.807) is 18.2 Å². The van der Waals surface area contributed by atoms with Crippen molar-refractivity contribution in [2.45, 2.75) is 38.6 Å². The van der Waals surface area contributed by atoms with E-state index in [4.69, 9.17) is 10.00 Å². The van der Waals surface area contributed by atoms with Gasteiger partial charge in [-0.1, -0.05) is 12.1 Å². The number of ether oxygens (including phenoxy) is 1. The summed E-state index contributed by atoms with van der Waals surface area (Å²) in [5.74, 6) is 0.739. The predicted octanol–water partition coefficient (Wildman–Crippen LogP) is 4.12. The van der Waals surface area contributed by atoms with Crippen LogP contribution in [0.25, 0.3) is 0 Å². The zero-order valence-electron chi connectivity index (χ0n) is 18.1. The lowest BCUT2D eigenvalue weighted by Crippen LogP contribution is -2.38. The topological polar surface area (TPSA) is 94.5 Å². The van der Waals surface area contributed by atoms with Crippen LogP contribution in [0.15, 0.2) is 42.5 Å². The quantitative estimate of drug-likeness (QED) is 0.761. The lowest BCUT2D eigenvalue weighted by molar-refractivity contribution is 0.0709. The summed E-state index contributed by atoms with van der Waals surface area (Å²) in [6.45, 7) is 5.03. The van der Waals surface area contributed by atoms with Crippen molar-refractivity contribution in [3.63, 3.8) is 0 Å². The average molecular weight is 421 g/mol. The Morgan fingerprint density at radius 3 is 2.39 bits per heavy atom. The Morgan fingerprint density at radius 2 is 1.81 bits per heavy atom. The minimum Gasteiger partial charge on any atom is -0.496 e. The first kappa shape index (κ1) is 22.2. The van der Waals surface area contributed by atoms with Crippen molar-refractivity contribution in [3.05, 3.63) is 59.2 Å². The molecular weight excluding hydrogens is 392 g/mol. The van der Waals surface area contributed by atoms with E-state index in [9.17, 15) is 9.59 Å². The number of methoxy groups -OCH3 is 1. The van der Waals surface area contributed by atoms with E-state index in [0.29, 0.717) is 41.6 Å². The van der Waals surface area contributed by atoms with Gasteiger partial charge in [0.25, 0.3) is 5.91 Å². The summed E-state index contributed by atoms with van der Waals surface area (Å²) < 4.78 is 5.39. The number of nitrogens with one attached hydrogen (secondary N) is 2. The fourth-order valence-electron chi connectivity index (χ4n) is 3.80. The third-order valence-corrected chi connectivity index (χ3v) is 5.40. The molecule has 0 atom stereocenters. The molecule has 3 amide bonds. The van der Waals surface area contributed by atoms with Gasteiger partial charge in [-0.15, -0.1) is 0 Å². The highest BCUT2D eigenvalue weighted by atomic mass is 16.5. The summed E-state index contributed by atoms with van der Waals surface area (Å²) in [7, 11) is 1.53. The van der Waals surface area contributed by atoms with E-state index in [-0.39, 0.29) is 18.0 Å². The molecule has 3 rings (SSSR count). The number of nitrogens with zero attached hydrogens (tertiary/aromatic N) is 2. The van der Waals surface area contributed by atoms with Gasteiger partial charge in [0.2, 0.25) is 0 Å². The van der Waals surface area contributed by atoms with Gasteiger partial charge in [0.1, 0.15) is 5.75 Å². The third kappa shape index (κ3) is 5.54. The van der Waals surface area contributed by atoms with Gasteiger partial charge in [0.05, 0.1) is 24.3 Å². The lowest BCUT2D eigenvalue weighted by Gasteiger charge is -2.32. The maximum atomic E-state index is 13.2. The Labute approximate surface area is 183 Å². The molecule has 162 valence electrons. The van der Waals surface area contributed by atoms with Crippen LogP contribution in [0, 0.1) is 11.3 Å². The molecule has 7 nitrogen and oxygen atoms in total. The van der Waals surface area contributed by atoms with E-state index < -0.39 is 0 Å². The molecule has 0 aliphatic carbocycles. The zero-order valence-corrected chi connectivity index (χ0v) is 18.1. The third-order valence-electron chi connectivity index (χ3n) is 5.40. The van der Waals surface area contributed by atoms with Crippen molar-refractivity contribution >= 4 is 17.6 Å². The summed E-state index contributed by atoms with van der Waals surface area (Å²) in [6, 6.07) is 14.6. The minimum atomic E-state index is -0.318. The molecule has 1 heterocycles. The van der Waals surface area contributed by atoms with Crippen LogP contribution >= 0.6 is 0 Å². The number of nitriles is 1. The SMILES string of the molecule is COc1ccc(NC(=O)NC(C)C)cc1C(=O)N1CCC(c2ccc(C#N)cc2)CC1. The molecule has 0 unspecified atom stereocenters. The number of urea groups is 1. The molecule has 2 N–H and O–H groups in total. The standard InChI is InChI=1S/C24H28N4O3/c1-16(2)26-24(30)27-20-8-9-22(31-3)21(14-20)23(29)28-12-10-19(11-13-28)18-6-4-17(15-25)5-7-18/h4-9,14,16,19H,10-13H2,1-3H3,(H2,26,27,30). The van der Waals surface area contributed by atoms with Crippen LogP contribution in [0.5, 0.6) is 5.75 Å². The molecule has 31 heavy (non-hydrogen) atoms. The molecule has 0 saturated carbocycles. The Hall–Kier alpha value is -3.53. The van der Waals surface area contributed by atoms with E-state index in [2.05, 4.69) is 16.7 Å². The summed E-state index contributed by atoms with van der Waals surface area (Å²) in [5.41, 5.74) is 2.82. The van der Waals surface area contributed by atoms with Gasteiger partial charge in [-0.25, -0.2) is 4.79 Å². The van der Waals surface area contributed by atoms with Gasteiger partial charge in [0, 0.05) is 24.8 Å². The number of carbonyl (C=O) groups excluding carboxylic acids is 2. The second kappa shape index (κ2) is 9.98. The Bertz CT molecular complexity index is 971. The number of piperidine rings is 1. The fourth-order valence-corrected chi connectivity index (χ4v) is 3.80. The number of hydrogen-bond acceptors (Lipinski definition) is 4. The van der Waals surface area contributed by atoms with Crippen molar-refractivity contribution in [1.82, 2.24) is 10.2 Å². The second-order valence-electron chi connectivity index (χ2n) is 7.97. The van der Waals surface area contributed by atoms with Crippen molar-refractivity contribution in [2.75, 3.05) is 25.5 Å². The van der Waals surface area contributed by atoms with Gasteiger partial charge in [-0.05, 0) is 68.5 Å². The predicted molar refractivity (Wildman–Crippen MR) is 119 cm³/mol. The molecule has 0 radical (unpaired) electrons. The van der Waals surface area contributed by atoms with E-state index in [0.717, 1.165) is 12.8 Å². The summed E-state index contributed by atoms with van der Waals surface area (Å²) in [4.78, 5) is 27.0. The monoisotopic (exact) mass is 420 g/mol. The number of anilines is 1. The fraction of sp³-hybridized carbons (Fsp3) is 0.375. The summed E-state index contributed by atoms with van der Waals surface area (Å²) in [5, 5.41) is 14.5. The van der Waals surface area contributed by atoms with E-state index >= 15 is 0 Å². The Kier molecular flexibility index (Phi) is 7.14. The minimum absolute atomic E-state index is 0.0109. The molecular formula is C24H28N4O3. The Morgan fingerprint density at radius 1 is 1.13 bits per heavy atom. The average Bonchev–Trinajstić information content (AvgIpc) is 2.78. The molecule has 0 spiro atoms. The molecule has 7 heteroatoms. The summed E-state index contributed by atoms with van der Waals surface area (Å²) >= 11 is 0. The first-order chi connectivity index (χ1) is 14.9. The Balaban J connectivity index is 1.68. The van der Waals surface area contributed by atoms with E-state index in [1.165, 1.54) is 12.7 Å². The number of hydrogen-bond donors (Lipinski definition) is 2. The van der Waals surface area contributed by atoms with Gasteiger partial charge in [-0.2, -0.15) is 5.26 Å². The van der Waals surface area contributed by atoms with Crippen LogP contribution in [-0.2, 0) is 0 Å². The number of rotatable bonds is 5. The van der Waals surface area contributed by atoms with Crippen molar-refractivity contribution in [1.29, 1.82) is 5.26 Å². The van der Waals surface area contributed by atoms with Crippen LogP contribution in [0.4, 0.5) is 10.5 Å². The van der Waals surface area contributed by atoms with Crippen LogP contribution in [0.1, 0.15) is 54.1 Å². The normalized spacial score (nSPS) is 14.1. The zero-order chi connectivity index (χ0) is 22.4. The highest BCUT2D eigenvalue weighted by molar-refractivity contribution is 5.99. The molecule has 1 saturated heterocycles.